The van der Waals surface area contributed by atoms with Gasteiger partial charge in [0.1, 0.15) is 17.9 Å². The molecule has 0 fully saturated rings. The van der Waals surface area contributed by atoms with Gasteiger partial charge < -0.3 is 20.3 Å². The summed E-state index contributed by atoms with van der Waals surface area (Å²) < 4.78 is 10.7. The summed E-state index contributed by atoms with van der Waals surface area (Å²) in [5, 5.41) is 10.3. The number of ether oxygens (including phenoxy) is 2. The fourth-order valence-electron chi connectivity index (χ4n) is 2.97. The van der Waals surface area contributed by atoms with Gasteiger partial charge in [-0.2, -0.15) is 0 Å². The zero-order chi connectivity index (χ0) is 17.1. The Kier molecular flexibility index (Phi) is 4.83. The number of carbonyl (C=O) groups is 1. The SMILES string of the molecule is COC(=O)c1cc2c(cc1OCc1ccccc1)CCC(N)C2O. The lowest BCUT2D eigenvalue weighted by atomic mass is 9.85. The van der Waals surface area contributed by atoms with Crippen molar-refractivity contribution in [3.8, 4) is 5.75 Å². The van der Waals surface area contributed by atoms with Gasteiger partial charge >= 0.3 is 5.97 Å². The second kappa shape index (κ2) is 7.03. The van der Waals surface area contributed by atoms with Gasteiger partial charge in [-0.1, -0.05) is 30.3 Å². The number of aliphatic hydroxyl groups is 1. The Morgan fingerprint density at radius 3 is 2.75 bits per heavy atom. The van der Waals surface area contributed by atoms with E-state index in [0.717, 1.165) is 17.5 Å². The molecule has 0 radical (unpaired) electrons. The van der Waals surface area contributed by atoms with Crippen molar-refractivity contribution in [2.45, 2.75) is 31.6 Å². The van der Waals surface area contributed by atoms with Crippen LogP contribution in [0.2, 0.25) is 0 Å². The van der Waals surface area contributed by atoms with E-state index >= 15 is 0 Å². The number of benzene rings is 2. The fraction of sp³-hybridized carbons (Fsp3) is 0.316. The molecule has 24 heavy (non-hydrogen) atoms. The number of fused-ring (bicyclic) bond motifs is 1. The number of carbonyl (C=O) groups excluding carboxylic acids is 1. The molecule has 1 aliphatic carbocycles. The highest BCUT2D eigenvalue weighted by molar-refractivity contribution is 5.93. The van der Waals surface area contributed by atoms with Crippen molar-refractivity contribution in [1.82, 2.24) is 0 Å². The van der Waals surface area contributed by atoms with Crippen molar-refractivity contribution in [2.75, 3.05) is 7.11 Å². The first kappa shape index (κ1) is 16.5. The Hall–Kier alpha value is -2.37. The standard InChI is InChI=1S/C19H21NO4/c1-23-19(22)15-10-14-13(7-8-16(20)18(14)21)9-17(15)24-11-12-5-3-2-4-6-12/h2-6,9-10,16,18,21H,7-8,11,20H2,1H3. The maximum atomic E-state index is 12.1. The Labute approximate surface area is 141 Å². The summed E-state index contributed by atoms with van der Waals surface area (Å²) in [4.78, 5) is 12.1. The fourth-order valence-corrected chi connectivity index (χ4v) is 2.97. The molecule has 5 nitrogen and oxygen atoms in total. The predicted molar refractivity (Wildman–Crippen MR) is 89.8 cm³/mol. The topological polar surface area (TPSA) is 81.8 Å². The van der Waals surface area contributed by atoms with Gasteiger partial charge in [-0.3, -0.25) is 0 Å². The maximum absolute atomic E-state index is 12.1. The molecule has 5 heteroatoms. The van der Waals surface area contributed by atoms with Crippen LogP contribution >= 0.6 is 0 Å². The highest BCUT2D eigenvalue weighted by Crippen LogP contribution is 2.34. The van der Waals surface area contributed by atoms with Crippen LogP contribution in [-0.2, 0) is 17.8 Å². The number of hydrogen-bond acceptors (Lipinski definition) is 5. The quantitative estimate of drug-likeness (QED) is 0.843. The third-order valence-corrected chi connectivity index (χ3v) is 4.36. The molecule has 2 aromatic carbocycles. The second-order valence-corrected chi connectivity index (χ2v) is 5.96. The Morgan fingerprint density at radius 1 is 1.29 bits per heavy atom. The molecule has 0 heterocycles. The first-order valence-electron chi connectivity index (χ1n) is 7.95. The molecule has 126 valence electrons. The van der Waals surface area contributed by atoms with E-state index in [0.29, 0.717) is 29.9 Å². The number of aryl methyl sites for hydroxylation is 1. The average molecular weight is 327 g/mol. The minimum absolute atomic E-state index is 0.306. The molecule has 0 saturated carbocycles. The highest BCUT2D eigenvalue weighted by Gasteiger charge is 2.28. The Morgan fingerprint density at radius 2 is 2.04 bits per heavy atom. The van der Waals surface area contributed by atoms with E-state index < -0.39 is 12.1 Å². The van der Waals surface area contributed by atoms with Crippen LogP contribution in [0.1, 0.15) is 39.6 Å². The molecule has 2 unspecified atom stereocenters. The number of rotatable bonds is 4. The van der Waals surface area contributed by atoms with Crippen LogP contribution in [0.5, 0.6) is 5.75 Å². The smallest absolute Gasteiger partial charge is 0.341 e. The summed E-state index contributed by atoms with van der Waals surface area (Å²) >= 11 is 0. The molecule has 0 bridgehead atoms. The summed E-state index contributed by atoms with van der Waals surface area (Å²) in [6, 6.07) is 12.9. The van der Waals surface area contributed by atoms with Gasteiger partial charge in [0.2, 0.25) is 0 Å². The normalized spacial score (nSPS) is 19.5. The number of aliphatic hydroxyl groups excluding tert-OH is 1. The van der Waals surface area contributed by atoms with Crippen LogP contribution in [0.4, 0.5) is 0 Å². The van der Waals surface area contributed by atoms with Gasteiger partial charge in [0.25, 0.3) is 0 Å². The predicted octanol–water partition coefficient (Wildman–Crippen LogP) is 2.36. The van der Waals surface area contributed by atoms with Gasteiger partial charge in [0.15, 0.2) is 0 Å². The van der Waals surface area contributed by atoms with Crippen molar-refractivity contribution in [3.05, 3.63) is 64.7 Å². The number of methoxy groups -OCH3 is 1. The molecule has 0 saturated heterocycles. The molecular formula is C19H21NO4. The third-order valence-electron chi connectivity index (χ3n) is 4.36. The molecule has 0 amide bonds. The minimum atomic E-state index is -0.777. The van der Waals surface area contributed by atoms with Crippen LogP contribution < -0.4 is 10.5 Å². The average Bonchev–Trinajstić information content (AvgIpc) is 2.63. The molecule has 2 aromatic rings. The first-order valence-corrected chi connectivity index (χ1v) is 7.95. The van der Waals surface area contributed by atoms with Crippen molar-refractivity contribution in [1.29, 1.82) is 0 Å². The number of hydrogen-bond donors (Lipinski definition) is 2. The summed E-state index contributed by atoms with van der Waals surface area (Å²) in [6.45, 7) is 0.353. The maximum Gasteiger partial charge on any atom is 0.341 e. The zero-order valence-electron chi connectivity index (χ0n) is 13.6. The molecule has 3 N–H and O–H groups in total. The van der Waals surface area contributed by atoms with Crippen molar-refractivity contribution in [2.24, 2.45) is 5.73 Å². The molecule has 0 spiro atoms. The molecular weight excluding hydrogens is 306 g/mol. The summed E-state index contributed by atoms with van der Waals surface area (Å²) in [7, 11) is 1.32. The van der Waals surface area contributed by atoms with Gasteiger partial charge in [0, 0.05) is 6.04 Å². The van der Waals surface area contributed by atoms with Gasteiger partial charge in [0.05, 0.1) is 13.2 Å². The van der Waals surface area contributed by atoms with E-state index in [1.807, 2.05) is 36.4 Å². The van der Waals surface area contributed by atoms with Crippen molar-refractivity contribution in [3.63, 3.8) is 0 Å². The number of esters is 1. The molecule has 2 atom stereocenters. The van der Waals surface area contributed by atoms with Crippen molar-refractivity contribution < 1.29 is 19.4 Å². The van der Waals surface area contributed by atoms with Crippen LogP contribution in [0, 0.1) is 0 Å². The molecule has 1 aliphatic rings. The Balaban J connectivity index is 1.93. The molecule has 0 aromatic heterocycles. The van der Waals surface area contributed by atoms with E-state index in [2.05, 4.69) is 0 Å². The van der Waals surface area contributed by atoms with E-state index in [1.165, 1.54) is 7.11 Å². The summed E-state index contributed by atoms with van der Waals surface area (Å²) in [5.41, 5.74) is 8.88. The lowest BCUT2D eigenvalue weighted by Gasteiger charge is -2.28. The van der Waals surface area contributed by atoms with E-state index in [-0.39, 0.29) is 6.04 Å². The van der Waals surface area contributed by atoms with Gasteiger partial charge in [-0.05, 0) is 41.7 Å². The first-order chi connectivity index (χ1) is 11.6. The van der Waals surface area contributed by atoms with Crippen LogP contribution in [0.25, 0.3) is 0 Å². The largest absolute Gasteiger partial charge is 0.488 e. The lowest BCUT2D eigenvalue weighted by molar-refractivity contribution is 0.0594. The Bertz CT molecular complexity index is 730. The molecule has 3 rings (SSSR count). The summed E-state index contributed by atoms with van der Waals surface area (Å²) in [5.74, 6) is -0.0284. The zero-order valence-corrected chi connectivity index (χ0v) is 13.6. The third kappa shape index (κ3) is 3.27. The number of nitrogens with two attached hydrogens (primary N) is 1. The lowest BCUT2D eigenvalue weighted by Crippen LogP contribution is -2.33. The van der Waals surface area contributed by atoms with E-state index in [4.69, 9.17) is 15.2 Å². The van der Waals surface area contributed by atoms with Gasteiger partial charge in [-0.25, -0.2) is 4.79 Å². The van der Waals surface area contributed by atoms with Crippen molar-refractivity contribution >= 4 is 5.97 Å². The summed E-state index contributed by atoms with van der Waals surface area (Å²) in [6.07, 6.45) is 0.668. The monoisotopic (exact) mass is 327 g/mol. The highest BCUT2D eigenvalue weighted by atomic mass is 16.5. The van der Waals surface area contributed by atoms with Crippen LogP contribution in [0.3, 0.4) is 0 Å². The van der Waals surface area contributed by atoms with E-state index in [9.17, 15) is 9.90 Å². The van der Waals surface area contributed by atoms with E-state index in [1.54, 1.807) is 6.07 Å². The van der Waals surface area contributed by atoms with Gasteiger partial charge in [-0.15, -0.1) is 0 Å². The second-order valence-electron chi connectivity index (χ2n) is 5.96. The van der Waals surface area contributed by atoms with Crippen LogP contribution in [-0.4, -0.2) is 24.2 Å². The van der Waals surface area contributed by atoms with Crippen LogP contribution in [0.15, 0.2) is 42.5 Å². The minimum Gasteiger partial charge on any atom is -0.488 e. The molecule has 0 aliphatic heterocycles.